The maximum atomic E-state index is 13.7. The van der Waals surface area contributed by atoms with Gasteiger partial charge in [0, 0.05) is 11.5 Å². The van der Waals surface area contributed by atoms with E-state index in [9.17, 15) is 18.3 Å². The van der Waals surface area contributed by atoms with Crippen molar-refractivity contribution in [2.45, 2.75) is 39.1 Å². The minimum Gasteiger partial charge on any atom is -0.388 e. The van der Waals surface area contributed by atoms with Crippen LogP contribution in [0.4, 0.5) is 13.2 Å². The van der Waals surface area contributed by atoms with E-state index in [0.717, 1.165) is 12.1 Å². The molecule has 5 atom stereocenters. The van der Waals surface area contributed by atoms with E-state index in [1.807, 2.05) is 13.8 Å². The third-order valence-corrected chi connectivity index (χ3v) is 4.07. The summed E-state index contributed by atoms with van der Waals surface area (Å²) in [5.41, 5.74) is -0.222. The highest BCUT2D eigenvalue weighted by molar-refractivity contribution is 5.23. The van der Waals surface area contributed by atoms with Crippen LogP contribution in [0.25, 0.3) is 0 Å². The highest BCUT2D eigenvalue weighted by Crippen LogP contribution is 2.41. The van der Waals surface area contributed by atoms with Crippen LogP contribution < -0.4 is 0 Å². The smallest absolute Gasteiger partial charge is 0.194 e. The molecule has 0 radical (unpaired) electrons. The van der Waals surface area contributed by atoms with Gasteiger partial charge in [-0.1, -0.05) is 13.0 Å². The molecule has 0 bridgehead atoms. The van der Waals surface area contributed by atoms with E-state index in [4.69, 9.17) is 4.74 Å². The van der Waals surface area contributed by atoms with Gasteiger partial charge in [0.15, 0.2) is 17.5 Å². The number of hydrogen-bond acceptors (Lipinski definition) is 2. The molecule has 0 aliphatic carbocycles. The lowest BCUT2D eigenvalue weighted by molar-refractivity contribution is 0.0218. The molecule has 0 aromatic heterocycles. The highest BCUT2D eigenvalue weighted by atomic mass is 19.2. The number of aliphatic hydroxyl groups excluding tert-OH is 1. The Bertz CT molecular complexity index is 478. The highest BCUT2D eigenvalue weighted by Gasteiger charge is 2.42. The van der Waals surface area contributed by atoms with Crippen LogP contribution in [-0.2, 0) is 4.74 Å². The normalized spacial score (nSPS) is 32.6. The predicted octanol–water partition coefficient (Wildman–Crippen LogP) is 3.20. The molecule has 1 heterocycles. The van der Waals surface area contributed by atoms with Gasteiger partial charge in [0.25, 0.3) is 0 Å². The second kappa shape index (κ2) is 5.13. The molecule has 0 spiro atoms. The Labute approximate surface area is 110 Å². The molecule has 1 saturated heterocycles. The van der Waals surface area contributed by atoms with Gasteiger partial charge in [-0.15, -0.1) is 0 Å². The van der Waals surface area contributed by atoms with Gasteiger partial charge < -0.3 is 9.84 Å². The van der Waals surface area contributed by atoms with E-state index in [1.165, 1.54) is 0 Å². The maximum Gasteiger partial charge on any atom is 0.194 e. The number of rotatable bonds is 2. The summed E-state index contributed by atoms with van der Waals surface area (Å²) in [6.07, 6.45) is -1.56. The SMILES string of the molecule is CC1OC(C)C(C(O)c2ccc(F)c(F)c2F)C1C. The fourth-order valence-electron chi connectivity index (χ4n) is 2.81. The van der Waals surface area contributed by atoms with Crippen molar-refractivity contribution in [2.24, 2.45) is 11.8 Å². The average molecular weight is 274 g/mol. The fraction of sp³-hybridized carbons (Fsp3) is 0.571. The zero-order valence-corrected chi connectivity index (χ0v) is 11.0. The fourth-order valence-corrected chi connectivity index (χ4v) is 2.81. The van der Waals surface area contributed by atoms with Crippen LogP contribution in [0.2, 0.25) is 0 Å². The summed E-state index contributed by atoms with van der Waals surface area (Å²) in [4.78, 5) is 0. The Balaban J connectivity index is 2.35. The van der Waals surface area contributed by atoms with E-state index < -0.39 is 23.6 Å². The molecule has 5 heteroatoms. The van der Waals surface area contributed by atoms with Crippen LogP contribution in [0, 0.1) is 29.3 Å². The van der Waals surface area contributed by atoms with Gasteiger partial charge in [-0.2, -0.15) is 0 Å². The van der Waals surface area contributed by atoms with Crippen LogP contribution in [-0.4, -0.2) is 17.3 Å². The summed E-state index contributed by atoms with van der Waals surface area (Å²) < 4.78 is 45.4. The van der Waals surface area contributed by atoms with Gasteiger partial charge in [0.1, 0.15) is 0 Å². The van der Waals surface area contributed by atoms with Crippen LogP contribution >= 0.6 is 0 Å². The van der Waals surface area contributed by atoms with Crippen molar-refractivity contribution in [3.05, 3.63) is 35.1 Å². The molecule has 0 amide bonds. The second-order valence-corrected chi connectivity index (χ2v) is 5.19. The lowest BCUT2D eigenvalue weighted by Crippen LogP contribution is -2.26. The summed E-state index contributed by atoms with van der Waals surface area (Å²) in [6.45, 7) is 5.54. The quantitative estimate of drug-likeness (QED) is 0.839. The topological polar surface area (TPSA) is 29.5 Å². The molecular formula is C14H17F3O2. The third-order valence-electron chi connectivity index (χ3n) is 4.07. The summed E-state index contributed by atoms with van der Waals surface area (Å²) in [5, 5.41) is 10.3. The lowest BCUT2D eigenvalue weighted by atomic mass is 9.82. The van der Waals surface area contributed by atoms with Gasteiger partial charge in [0.05, 0.1) is 18.3 Å². The summed E-state index contributed by atoms with van der Waals surface area (Å²) in [6, 6.07) is 1.91. The van der Waals surface area contributed by atoms with Crippen molar-refractivity contribution < 1.29 is 23.0 Å². The molecule has 1 aromatic carbocycles. The molecule has 2 rings (SSSR count). The zero-order chi connectivity index (χ0) is 14.3. The van der Waals surface area contributed by atoms with E-state index >= 15 is 0 Å². The first-order valence-corrected chi connectivity index (χ1v) is 6.31. The molecule has 19 heavy (non-hydrogen) atoms. The zero-order valence-electron chi connectivity index (χ0n) is 11.0. The molecule has 106 valence electrons. The van der Waals surface area contributed by atoms with Gasteiger partial charge >= 0.3 is 0 Å². The average Bonchev–Trinajstić information content (AvgIpc) is 2.60. The Kier molecular flexibility index (Phi) is 3.87. The van der Waals surface area contributed by atoms with Crippen LogP contribution in [0.3, 0.4) is 0 Å². The second-order valence-electron chi connectivity index (χ2n) is 5.19. The number of benzene rings is 1. The lowest BCUT2D eigenvalue weighted by Gasteiger charge is -2.25. The number of aliphatic hydroxyl groups is 1. The Morgan fingerprint density at radius 3 is 2.21 bits per heavy atom. The summed E-state index contributed by atoms with van der Waals surface area (Å²) in [7, 11) is 0. The molecule has 1 N–H and O–H groups in total. The molecule has 1 aromatic rings. The van der Waals surface area contributed by atoms with E-state index in [1.54, 1.807) is 6.92 Å². The van der Waals surface area contributed by atoms with Crippen LogP contribution in [0.5, 0.6) is 0 Å². The first-order chi connectivity index (χ1) is 8.84. The number of halogens is 3. The van der Waals surface area contributed by atoms with Crippen LogP contribution in [0.1, 0.15) is 32.4 Å². The van der Waals surface area contributed by atoms with Crippen LogP contribution in [0.15, 0.2) is 12.1 Å². The molecule has 0 saturated carbocycles. The Morgan fingerprint density at radius 1 is 1.05 bits per heavy atom. The molecule has 1 aliphatic rings. The van der Waals surface area contributed by atoms with Crippen molar-refractivity contribution in [3.8, 4) is 0 Å². The van der Waals surface area contributed by atoms with Crippen molar-refractivity contribution in [3.63, 3.8) is 0 Å². The van der Waals surface area contributed by atoms with E-state index in [0.29, 0.717) is 0 Å². The standard InChI is InChI=1S/C14H17F3O2/c1-6-7(2)19-8(3)11(6)14(18)9-4-5-10(15)13(17)12(9)16/h4-8,11,14,18H,1-3H3. The van der Waals surface area contributed by atoms with Crippen molar-refractivity contribution in [2.75, 3.05) is 0 Å². The van der Waals surface area contributed by atoms with Gasteiger partial charge in [-0.05, 0) is 25.8 Å². The van der Waals surface area contributed by atoms with Crippen molar-refractivity contribution >= 4 is 0 Å². The molecule has 5 unspecified atom stereocenters. The largest absolute Gasteiger partial charge is 0.388 e. The Morgan fingerprint density at radius 2 is 1.68 bits per heavy atom. The monoisotopic (exact) mass is 274 g/mol. The van der Waals surface area contributed by atoms with Crippen molar-refractivity contribution in [1.82, 2.24) is 0 Å². The summed E-state index contributed by atoms with van der Waals surface area (Å²) in [5.74, 6) is -4.49. The van der Waals surface area contributed by atoms with Gasteiger partial charge in [-0.25, -0.2) is 13.2 Å². The maximum absolute atomic E-state index is 13.7. The number of hydrogen-bond donors (Lipinski definition) is 1. The third kappa shape index (κ3) is 2.37. The molecular weight excluding hydrogens is 257 g/mol. The molecule has 2 nitrogen and oxygen atoms in total. The number of ether oxygens (including phenoxy) is 1. The van der Waals surface area contributed by atoms with Crippen molar-refractivity contribution in [1.29, 1.82) is 0 Å². The Hall–Kier alpha value is -1.07. The van der Waals surface area contributed by atoms with E-state index in [-0.39, 0.29) is 29.6 Å². The predicted molar refractivity (Wildman–Crippen MR) is 63.9 cm³/mol. The minimum atomic E-state index is -1.55. The first kappa shape index (κ1) is 14.3. The van der Waals surface area contributed by atoms with Gasteiger partial charge in [-0.3, -0.25) is 0 Å². The molecule has 1 fully saturated rings. The minimum absolute atomic E-state index is 0.00230. The summed E-state index contributed by atoms with van der Waals surface area (Å²) >= 11 is 0. The van der Waals surface area contributed by atoms with E-state index in [2.05, 4.69) is 0 Å². The van der Waals surface area contributed by atoms with Gasteiger partial charge in [0.2, 0.25) is 0 Å². The first-order valence-electron chi connectivity index (χ1n) is 6.31. The molecule has 1 aliphatic heterocycles.